The van der Waals surface area contributed by atoms with E-state index in [1.165, 1.54) is 34.3 Å². The summed E-state index contributed by atoms with van der Waals surface area (Å²) in [5, 5.41) is 5.16. The predicted molar refractivity (Wildman–Crippen MR) is 133 cm³/mol. The maximum absolute atomic E-state index is 13.3. The monoisotopic (exact) mass is 496 g/mol. The second-order valence-corrected chi connectivity index (χ2v) is 11.6. The van der Waals surface area contributed by atoms with Gasteiger partial charge in [0.1, 0.15) is 0 Å². The van der Waals surface area contributed by atoms with Crippen molar-refractivity contribution >= 4 is 27.3 Å². The Labute approximate surface area is 204 Å². The van der Waals surface area contributed by atoms with Crippen molar-refractivity contribution in [3.8, 4) is 0 Å². The fourth-order valence-corrected chi connectivity index (χ4v) is 6.91. The lowest BCUT2D eigenvalue weighted by molar-refractivity contribution is 0.0730. The molecule has 5 rings (SSSR count). The first-order valence-electron chi connectivity index (χ1n) is 11.7. The molecule has 2 aliphatic rings. The standard InChI is InChI=1S/C26H28N2O4S2/c29-26(22-7-3-8-23(18-22)34(30,31)28-12-14-32-15-13-28)27-25(24-9-4-16-33-24)21-11-10-19-5-1-2-6-20(19)17-21/h3-4,7-11,16-18,25H,1-2,5-6,12-15H2,(H,27,29). The van der Waals surface area contributed by atoms with Crippen LogP contribution in [0, 0.1) is 0 Å². The number of nitrogens with one attached hydrogen (secondary N) is 1. The number of sulfonamides is 1. The van der Waals surface area contributed by atoms with Crippen LogP contribution in [-0.2, 0) is 27.6 Å². The number of hydrogen-bond acceptors (Lipinski definition) is 5. The van der Waals surface area contributed by atoms with E-state index in [0.29, 0.717) is 31.9 Å². The van der Waals surface area contributed by atoms with Crippen LogP contribution in [0.1, 0.15) is 50.8 Å². The Morgan fingerprint density at radius 1 is 0.971 bits per heavy atom. The molecule has 8 heteroatoms. The van der Waals surface area contributed by atoms with E-state index < -0.39 is 10.0 Å². The predicted octanol–water partition coefficient (Wildman–Crippen LogP) is 4.17. The normalized spacial score (nSPS) is 17.6. The topological polar surface area (TPSA) is 75.7 Å². The highest BCUT2D eigenvalue weighted by Gasteiger charge is 2.27. The van der Waals surface area contributed by atoms with Crippen molar-refractivity contribution in [3.63, 3.8) is 0 Å². The lowest BCUT2D eigenvalue weighted by Crippen LogP contribution is -2.40. The summed E-state index contributed by atoms with van der Waals surface area (Å²) in [6.45, 7) is 1.39. The van der Waals surface area contributed by atoms with Crippen LogP contribution < -0.4 is 5.32 Å². The lowest BCUT2D eigenvalue weighted by Gasteiger charge is -2.26. The minimum Gasteiger partial charge on any atom is -0.379 e. The van der Waals surface area contributed by atoms with Crippen molar-refractivity contribution in [3.05, 3.63) is 87.1 Å². The van der Waals surface area contributed by atoms with Crippen molar-refractivity contribution in [2.45, 2.75) is 36.6 Å². The van der Waals surface area contributed by atoms with Crippen LogP contribution in [0.15, 0.2) is 64.9 Å². The number of nitrogens with zero attached hydrogens (tertiary/aromatic N) is 1. The Morgan fingerprint density at radius 3 is 2.53 bits per heavy atom. The van der Waals surface area contributed by atoms with Crippen molar-refractivity contribution in [1.29, 1.82) is 0 Å². The van der Waals surface area contributed by atoms with E-state index in [0.717, 1.165) is 23.3 Å². The third kappa shape index (κ3) is 4.81. The van der Waals surface area contributed by atoms with Crippen LogP contribution in [-0.4, -0.2) is 44.9 Å². The average Bonchev–Trinajstić information content (AvgIpc) is 3.42. The van der Waals surface area contributed by atoms with Crippen LogP contribution >= 0.6 is 11.3 Å². The van der Waals surface area contributed by atoms with E-state index in [9.17, 15) is 13.2 Å². The van der Waals surface area contributed by atoms with Gasteiger partial charge in [0, 0.05) is 23.5 Å². The third-order valence-corrected chi connectivity index (χ3v) is 9.34. The smallest absolute Gasteiger partial charge is 0.252 e. The Bertz CT molecular complexity index is 1270. The summed E-state index contributed by atoms with van der Waals surface area (Å²) in [5.41, 5.74) is 4.13. The molecular formula is C26H28N2O4S2. The zero-order valence-corrected chi connectivity index (χ0v) is 20.5. The van der Waals surface area contributed by atoms with Gasteiger partial charge < -0.3 is 10.1 Å². The van der Waals surface area contributed by atoms with Gasteiger partial charge in [-0.1, -0.05) is 30.3 Å². The Morgan fingerprint density at radius 2 is 1.76 bits per heavy atom. The van der Waals surface area contributed by atoms with Crippen LogP contribution in [0.4, 0.5) is 0 Å². The highest BCUT2D eigenvalue weighted by atomic mass is 32.2. The van der Waals surface area contributed by atoms with Gasteiger partial charge >= 0.3 is 0 Å². The molecule has 0 spiro atoms. The molecule has 1 amide bonds. The van der Waals surface area contributed by atoms with Crippen LogP contribution in [0.2, 0.25) is 0 Å². The molecule has 178 valence electrons. The van der Waals surface area contributed by atoms with Crippen LogP contribution in [0.25, 0.3) is 0 Å². The Hall–Kier alpha value is -2.52. The number of benzene rings is 2. The quantitative estimate of drug-likeness (QED) is 0.556. The zero-order chi connectivity index (χ0) is 23.5. The van der Waals surface area contributed by atoms with Crippen LogP contribution in [0.5, 0.6) is 0 Å². The van der Waals surface area contributed by atoms with Crippen LogP contribution in [0.3, 0.4) is 0 Å². The van der Waals surface area contributed by atoms with Gasteiger partial charge in [0.15, 0.2) is 0 Å². The highest BCUT2D eigenvalue weighted by Crippen LogP contribution is 2.30. The van der Waals surface area contributed by atoms with Gasteiger partial charge in [-0.15, -0.1) is 11.3 Å². The molecule has 1 saturated heterocycles. The highest BCUT2D eigenvalue weighted by molar-refractivity contribution is 7.89. The summed E-state index contributed by atoms with van der Waals surface area (Å²) in [6, 6.07) is 16.5. The summed E-state index contributed by atoms with van der Waals surface area (Å²) in [6.07, 6.45) is 4.59. The number of amides is 1. The first kappa shape index (κ1) is 23.2. The average molecular weight is 497 g/mol. The summed E-state index contributed by atoms with van der Waals surface area (Å²) in [7, 11) is -3.68. The molecular weight excluding hydrogens is 468 g/mol. The summed E-state index contributed by atoms with van der Waals surface area (Å²) in [5.74, 6) is -0.296. The number of ether oxygens (including phenoxy) is 1. The van der Waals surface area contributed by atoms with Crippen molar-refractivity contribution in [2.75, 3.05) is 26.3 Å². The zero-order valence-electron chi connectivity index (χ0n) is 18.9. The third-order valence-electron chi connectivity index (χ3n) is 6.51. The number of aryl methyl sites for hydroxylation is 2. The maximum atomic E-state index is 13.3. The molecule has 34 heavy (non-hydrogen) atoms. The SMILES string of the molecule is O=C(NC(c1ccc2c(c1)CCCC2)c1cccs1)c1cccc(S(=O)(=O)N2CCOCC2)c1. The number of fused-ring (bicyclic) bond motifs is 1. The summed E-state index contributed by atoms with van der Waals surface area (Å²) < 4.78 is 32.8. The van der Waals surface area contributed by atoms with Gasteiger partial charge in [-0.3, -0.25) is 4.79 Å². The largest absolute Gasteiger partial charge is 0.379 e. The molecule has 0 saturated carbocycles. The molecule has 2 heterocycles. The second-order valence-electron chi connectivity index (χ2n) is 8.70. The minimum absolute atomic E-state index is 0.128. The van der Waals surface area contributed by atoms with E-state index in [1.807, 2.05) is 17.5 Å². The number of carbonyl (C=O) groups is 1. The molecule has 1 atom stereocenters. The second kappa shape index (κ2) is 10.00. The fraction of sp³-hybridized carbons (Fsp3) is 0.346. The molecule has 0 bridgehead atoms. The molecule has 1 aliphatic carbocycles. The molecule has 3 aromatic rings. The molecule has 1 unspecified atom stereocenters. The van der Waals surface area contributed by atoms with Gasteiger partial charge in [-0.25, -0.2) is 8.42 Å². The van der Waals surface area contributed by atoms with Gasteiger partial charge in [-0.05, 0) is 72.0 Å². The molecule has 1 aromatic heterocycles. The molecule has 0 radical (unpaired) electrons. The molecule has 1 N–H and O–H groups in total. The van der Waals surface area contributed by atoms with Crippen molar-refractivity contribution in [2.24, 2.45) is 0 Å². The van der Waals surface area contributed by atoms with E-state index in [4.69, 9.17) is 4.74 Å². The number of carbonyl (C=O) groups excluding carboxylic acids is 1. The molecule has 6 nitrogen and oxygen atoms in total. The van der Waals surface area contributed by atoms with E-state index >= 15 is 0 Å². The minimum atomic E-state index is -3.68. The number of morpholine rings is 1. The fourth-order valence-electron chi connectivity index (χ4n) is 4.66. The summed E-state index contributed by atoms with van der Waals surface area (Å²) in [4.78, 5) is 14.5. The first-order valence-corrected chi connectivity index (χ1v) is 14.0. The van der Waals surface area contributed by atoms with E-state index in [1.54, 1.807) is 29.5 Å². The van der Waals surface area contributed by atoms with Gasteiger partial charge in [0.2, 0.25) is 10.0 Å². The molecule has 1 fully saturated rings. The first-order chi connectivity index (χ1) is 16.5. The number of hydrogen-bond donors (Lipinski definition) is 1. The lowest BCUT2D eigenvalue weighted by atomic mass is 9.89. The molecule has 2 aromatic carbocycles. The maximum Gasteiger partial charge on any atom is 0.252 e. The summed E-state index contributed by atoms with van der Waals surface area (Å²) >= 11 is 1.60. The van der Waals surface area contributed by atoms with Gasteiger partial charge in [0.25, 0.3) is 5.91 Å². The number of rotatable bonds is 6. The van der Waals surface area contributed by atoms with Crippen molar-refractivity contribution < 1.29 is 17.9 Å². The molecule has 1 aliphatic heterocycles. The van der Waals surface area contributed by atoms with Gasteiger partial charge in [0.05, 0.1) is 24.2 Å². The number of thiophene rings is 1. The van der Waals surface area contributed by atoms with E-state index in [2.05, 4.69) is 23.5 Å². The van der Waals surface area contributed by atoms with Gasteiger partial charge in [-0.2, -0.15) is 4.31 Å². The van der Waals surface area contributed by atoms with E-state index in [-0.39, 0.29) is 16.8 Å². The van der Waals surface area contributed by atoms with Crippen molar-refractivity contribution in [1.82, 2.24) is 9.62 Å². The Kier molecular flexibility index (Phi) is 6.83. The Balaban J connectivity index is 1.42.